The second-order valence-corrected chi connectivity index (χ2v) is 9.52. The molecule has 2 aliphatic rings. The Hall–Kier alpha value is -4.41. The lowest BCUT2D eigenvalue weighted by Gasteiger charge is -2.41. The van der Waals surface area contributed by atoms with Crippen LogP contribution in [0.3, 0.4) is 0 Å². The number of benzene rings is 3. The zero-order valence-electron chi connectivity index (χ0n) is 20.9. The summed E-state index contributed by atoms with van der Waals surface area (Å²) in [5.74, 6) is 1.28. The largest absolute Gasteiger partial charge is 0.441 e. The van der Waals surface area contributed by atoms with Gasteiger partial charge >= 0.3 is 0 Å². The van der Waals surface area contributed by atoms with Crippen molar-refractivity contribution in [2.75, 3.05) is 43.0 Å². The van der Waals surface area contributed by atoms with Gasteiger partial charge in [-0.2, -0.15) is 5.26 Å². The quantitative estimate of drug-likeness (QED) is 0.402. The minimum Gasteiger partial charge on any atom is -0.441 e. The van der Waals surface area contributed by atoms with Crippen LogP contribution >= 0.6 is 0 Å². The average Bonchev–Trinajstić information content (AvgIpc) is 3.36. The van der Waals surface area contributed by atoms with E-state index in [1.54, 1.807) is 11.1 Å². The van der Waals surface area contributed by atoms with Crippen molar-refractivity contribution in [1.29, 1.82) is 5.26 Å². The van der Waals surface area contributed by atoms with Crippen molar-refractivity contribution in [3.63, 3.8) is 0 Å². The van der Waals surface area contributed by atoms with Crippen molar-refractivity contribution in [2.24, 2.45) is 0 Å². The molecule has 0 N–H and O–H groups in total. The van der Waals surface area contributed by atoms with Crippen LogP contribution in [0.25, 0.3) is 11.3 Å². The molecule has 2 aliphatic heterocycles. The lowest BCUT2D eigenvalue weighted by molar-refractivity contribution is 0.0992. The highest BCUT2D eigenvalue weighted by Crippen LogP contribution is 2.40. The van der Waals surface area contributed by atoms with Gasteiger partial charge in [-0.3, -0.25) is 9.69 Å². The molecule has 1 amide bonds. The van der Waals surface area contributed by atoms with E-state index >= 15 is 0 Å². The van der Waals surface area contributed by atoms with Crippen molar-refractivity contribution in [3.8, 4) is 17.4 Å². The number of rotatable bonds is 3. The fourth-order valence-electron chi connectivity index (χ4n) is 5.58. The predicted molar refractivity (Wildman–Crippen MR) is 143 cm³/mol. The van der Waals surface area contributed by atoms with Crippen LogP contribution in [-0.2, 0) is 0 Å². The molecule has 1 fully saturated rings. The van der Waals surface area contributed by atoms with Crippen LogP contribution in [0.15, 0.2) is 77.3 Å². The highest BCUT2D eigenvalue weighted by atomic mass is 16.4. The van der Waals surface area contributed by atoms with E-state index in [2.05, 4.69) is 33.0 Å². The Bertz CT molecular complexity index is 1530. The summed E-state index contributed by atoms with van der Waals surface area (Å²) in [5, 5.41) is 9.91. The summed E-state index contributed by atoms with van der Waals surface area (Å²) < 4.78 is 5.65. The molecule has 7 heteroatoms. The maximum Gasteiger partial charge on any atom is 0.258 e. The van der Waals surface area contributed by atoms with E-state index in [0.29, 0.717) is 17.2 Å². The molecule has 1 atom stereocenters. The number of nitrogens with zero attached hydrogens (tertiary/aromatic N) is 5. The summed E-state index contributed by atoms with van der Waals surface area (Å²) in [4.78, 5) is 24.0. The molecular weight excluding hydrogens is 462 g/mol. The second-order valence-electron chi connectivity index (χ2n) is 9.52. The predicted octanol–water partition coefficient (Wildman–Crippen LogP) is 5.02. The molecule has 1 unspecified atom stereocenters. The van der Waals surface area contributed by atoms with Gasteiger partial charge in [0.2, 0.25) is 0 Å². The Morgan fingerprint density at radius 2 is 1.68 bits per heavy atom. The summed E-state index contributed by atoms with van der Waals surface area (Å²) in [5.41, 5.74) is 6.28. The smallest absolute Gasteiger partial charge is 0.258 e. The molecule has 1 aromatic heterocycles. The number of anilines is 2. The molecule has 3 aromatic carbocycles. The van der Waals surface area contributed by atoms with E-state index < -0.39 is 0 Å². The van der Waals surface area contributed by atoms with Gasteiger partial charge in [-0.15, -0.1) is 0 Å². The first kappa shape index (κ1) is 23.0. The zero-order chi connectivity index (χ0) is 25.5. The Balaban J connectivity index is 1.30. The number of oxazole rings is 1. The number of hydrogen-bond donors (Lipinski definition) is 0. The van der Waals surface area contributed by atoms with Gasteiger partial charge in [0, 0.05) is 57.0 Å². The summed E-state index contributed by atoms with van der Waals surface area (Å²) >= 11 is 0. The summed E-state index contributed by atoms with van der Waals surface area (Å²) in [6.07, 6.45) is 1.69. The van der Waals surface area contributed by atoms with Gasteiger partial charge in [-0.05, 0) is 41.5 Å². The first-order valence-corrected chi connectivity index (χ1v) is 12.5. The average molecular weight is 490 g/mol. The van der Waals surface area contributed by atoms with Crippen LogP contribution in [0.5, 0.6) is 0 Å². The lowest BCUT2D eigenvalue weighted by atomic mass is 9.93. The molecule has 37 heavy (non-hydrogen) atoms. The SMILES string of the molecule is Cc1ncc(-c2ccc(N3CCN(C4c5ccccc5C(=O)N(C)c5ccccc54)CC3)c(C#N)c2)o1. The van der Waals surface area contributed by atoms with Crippen LogP contribution < -0.4 is 9.80 Å². The maximum absolute atomic E-state index is 13.3. The maximum atomic E-state index is 13.3. The third-order valence-corrected chi connectivity index (χ3v) is 7.43. The molecular formula is C30H27N5O2. The van der Waals surface area contributed by atoms with Gasteiger partial charge in [0.1, 0.15) is 6.07 Å². The molecule has 6 rings (SSSR count). The number of carbonyl (C=O) groups excluding carboxylic acids is 1. The Morgan fingerprint density at radius 1 is 0.946 bits per heavy atom. The van der Waals surface area contributed by atoms with E-state index in [1.165, 1.54) is 0 Å². The van der Waals surface area contributed by atoms with Gasteiger partial charge in [0.15, 0.2) is 11.7 Å². The van der Waals surface area contributed by atoms with Gasteiger partial charge in [-0.1, -0.05) is 36.4 Å². The summed E-state index contributed by atoms with van der Waals surface area (Å²) in [6.45, 7) is 4.97. The van der Waals surface area contributed by atoms with Crippen molar-refractivity contribution in [1.82, 2.24) is 9.88 Å². The van der Waals surface area contributed by atoms with Crippen LogP contribution in [0.4, 0.5) is 11.4 Å². The first-order chi connectivity index (χ1) is 18.0. The number of aromatic nitrogens is 1. The van der Waals surface area contributed by atoms with Crippen LogP contribution in [0.1, 0.15) is 39.0 Å². The van der Waals surface area contributed by atoms with Gasteiger partial charge < -0.3 is 14.2 Å². The molecule has 4 aromatic rings. The number of fused-ring (bicyclic) bond motifs is 2. The van der Waals surface area contributed by atoms with Crippen LogP contribution in [-0.4, -0.2) is 49.0 Å². The molecule has 0 aliphatic carbocycles. The van der Waals surface area contributed by atoms with Gasteiger partial charge in [0.25, 0.3) is 5.91 Å². The van der Waals surface area contributed by atoms with Crippen LogP contribution in [0, 0.1) is 18.3 Å². The molecule has 0 spiro atoms. The third kappa shape index (κ3) is 3.96. The Labute approximate surface area is 216 Å². The fraction of sp³-hybridized carbons (Fsp3) is 0.233. The number of carbonyl (C=O) groups is 1. The van der Waals surface area contributed by atoms with E-state index in [0.717, 1.165) is 59.8 Å². The number of aryl methyl sites for hydroxylation is 1. The molecule has 0 bridgehead atoms. The Morgan fingerprint density at radius 3 is 2.41 bits per heavy atom. The molecule has 3 heterocycles. The monoisotopic (exact) mass is 489 g/mol. The van der Waals surface area contributed by atoms with Gasteiger partial charge in [0.05, 0.1) is 23.5 Å². The van der Waals surface area contributed by atoms with Crippen molar-refractivity contribution in [3.05, 3.63) is 101 Å². The highest BCUT2D eigenvalue weighted by molar-refractivity contribution is 6.08. The second kappa shape index (κ2) is 9.23. The normalized spacial score (nSPS) is 17.6. The summed E-state index contributed by atoms with van der Waals surface area (Å²) in [7, 11) is 1.85. The molecule has 1 saturated heterocycles. The van der Waals surface area contributed by atoms with Crippen molar-refractivity contribution < 1.29 is 9.21 Å². The molecule has 7 nitrogen and oxygen atoms in total. The number of amides is 1. The number of hydrogen-bond acceptors (Lipinski definition) is 6. The fourth-order valence-corrected chi connectivity index (χ4v) is 5.58. The molecule has 0 saturated carbocycles. The first-order valence-electron chi connectivity index (χ1n) is 12.5. The molecule has 184 valence electrons. The number of nitriles is 1. The van der Waals surface area contributed by atoms with E-state index in [9.17, 15) is 10.1 Å². The molecule has 0 radical (unpaired) electrons. The Kier molecular flexibility index (Phi) is 5.74. The van der Waals surface area contributed by atoms with Gasteiger partial charge in [-0.25, -0.2) is 4.98 Å². The minimum atomic E-state index is -0.0176. The van der Waals surface area contributed by atoms with E-state index in [4.69, 9.17) is 4.42 Å². The topological polar surface area (TPSA) is 76.6 Å². The minimum absolute atomic E-state index is 0.0176. The summed E-state index contributed by atoms with van der Waals surface area (Å²) in [6, 6.07) is 24.4. The number of piperazine rings is 1. The lowest BCUT2D eigenvalue weighted by Crippen LogP contribution is -2.48. The van der Waals surface area contributed by atoms with E-state index in [1.807, 2.05) is 68.6 Å². The number of para-hydroxylation sites is 1. The highest BCUT2D eigenvalue weighted by Gasteiger charge is 2.35. The van der Waals surface area contributed by atoms with E-state index in [-0.39, 0.29) is 11.9 Å². The third-order valence-electron chi connectivity index (χ3n) is 7.43. The van der Waals surface area contributed by atoms with Crippen molar-refractivity contribution >= 4 is 17.3 Å². The standard InChI is InChI=1S/C30H27N5O2/c1-20-32-19-28(37-20)21-11-12-26(22(17-21)18-31)34-13-15-35(16-14-34)29-23-7-3-4-8-24(23)30(36)33(2)27-10-6-5-9-25(27)29/h3-12,17,19,29H,13-16H2,1-2H3. The van der Waals surface area contributed by atoms with Crippen LogP contribution in [0.2, 0.25) is 0 Å². The van der Waals surface area contributed by atoms with Crippen molar-refractivity contribution in [2.45, 2.75) is 13.0 Å². The zero-order valence-corrected chi connectivity index (χ0v) is 20.9.